The summed E-state index contributed by atoms with van der Waals surface area (Å²) in [4.78, 5) is 19.5. The maximum absolute atomic E-state index is 9.78. The first-order valence-corrected chi connectivity index (χ1v) is 3.37. The molecule has 0 aromatic heterocycles. The lowest BCUT2D eigenvalue weighted by Gasteiger charge is -1.97. The number of hydrogen-bond acceptors (Lipinski definition) is 3. The van der Waals surface area contributed by atoms with Crippen LogP contribution < -0.4 is 0 Å². The van der Waals surface area contributed by atoms with Gasteiger partial charge in [0.15, 0.2) is 0 Å². The van der Waals surface area contributed by atoms with Gasteiger partial charge >= 0.3 is 0 Å². The Morgan fingerprint density at radius 2 is 1.70 bits per heavy atom. The van der Waals surface area contributed by atoms with E-state index < -0.39 is 0 Å². The van der Waals surface area contributed by atoms with Gasteiger partial charge in [-0.15, -0.1) is 0 Å². The molecule has 0 heterocycles. The Kier molecular flexibility index (Phi) is 7.72. The molecule has 0 rings (SSSR count). The molecule has 0 aliphatic carbocycles. The minimum Gasteiger partial charge on any atom is -0.381 e. The highest BCUT2D eigenvalue weighted by Gasteiger charge is 1.86. The molecule has 0 unspecified atom stereocenters. The van der Waals surface area contributed by atoms with Gasteiger partial charge in [0.25, 0.3) is 0 Å². The molecule has 3 heteroatoms. The van der Waals surface area contributed by atoms with Crippen molar-refractivity contribution in [1.82, 2.24) is 0 Å². The van der Waals surface area contributed by atoms with E-state index in [-0.39, 0.29) is 0 Å². The van der Waals surface area contributed by atoms with Gasteiger partial charge in [-0.3, -0.25) is 0 Å². The number of ether oxygens (including phenoxy) is 1. The van der Waals surface area contributed by atoms with Crippen LogP contribution in [0.15, 0.2) is 0 Å². The molecule has 0 bridgehead atoms. The molecule has 0 aliphatic heterocycles. The number of carbonyl (C=O) groups excluding carboxylic acids is 2. The van der Waals surface area contributed by atoms with Gasteiger partial charge in [0.1, 0.15) is 12.6 Å². The van der Waals surface area contributed by atoms with Crippen LogP contribution in [0.3, 0.4) is 0 Å². The summed E-state index contributed by atoms with van der Waals surface area (Å²) in [6.45, 7) is 1.05. The molecule has 0 aliphatic rings. The largest absolute Gasteiger partial charge is 0.381 e. The average Bonchev–Trinajstić information content (AvgIpc) is 1.97. The van der Waals surface area contributed by atoms with Crippen LogP contribution in [-0.4, -0.2) is 25.8 Å². The third-order valence-corrected chi connectivity index (χ3v) is 0.991. The summed E-state index contributed by atoms with van der Waals surface area (Å²) in [5.74, 6) is 0. The fraction of sp³-hybridized carbons (Fsp3) is 0.714. The molecule has 0 N–H and O–H groups in total. The predicted octanol–water partition coefficient (Wildman–Crippen LogP) is 0.571. The number of aldehydes is 2. The van der Waals surface area contributed by atoms with Crippen molar-refractivity contribution in [2.24, 2.45) is 0 Å². The minimum absolute atomic E-state index is 0.446. The van der Waals surface area contributed by atoms with Gasteiger partial charge in [0.2, 0.25) is 0 Å². The van der Waals surface area contributed by atoms with Crippen LogP contribution >= 0.6 is 0 Å². The lowest BCUT2D eigenvalue weighted by atomic mass is 10.3. The maximum Gasteiger partial charge on any atom is 0.122 e. The first-order valence-electron chi connectivity index (χ1n) is 3.37. The zero-order valence-electron chi connectivity index (χ0n) is 5.91. The Balaban J connectivity index is 2.76. The summed E-state index contributed by atoms with van der Waals surface area (Å²) in [6.07, 6.45) is 3.42. The van der Waals surface area contributed by atoms with Crippen LogP contribution in [-0.2, 0) is 14.3 Å². The van der Waals surface area contributed by atoms with E-state index in [0.29, 0.717) is 26.1 Å². The highest BCUT2D eigenvalue weighted by Crippen LogP contribution is 1.86. The van der Waals surface area contributed by atoms with Gasteiger partial charge in [0, 0.05) is 19.4 Å². The van der Waals surface area contributed by atoms with Crippen LogP contribution in [0, 0.1) is 0 Å². The predicted molar refractivity (Wildman–Crippen MR) is 36.8 cm³/mol. The van der Waals surface area contributed by atoms with Crippen molar-refractivity contribution in [3.8, 4) is 0 Å². The second-order valence-electron chi connectivity index (χ2n) is 1.88. The van der Waals surface area contributed by atoms with Crippen LogP contribution in [0.25, 0.3) is 0 Å². The van der Waals surface area contributed by atoms with Crippen LogP contribution in [0.1, 0.15) is 19.3 Å². The van der Waals surface area contributed by atoms with Crippen molar-refractivity contribution in [2.75, 3.05) is 13.2 Å². The molecule has 3 nitrogen and oxygen atoms in total. The zero-order chi connectivity index (χ0) is 7.66. The molecule has 10 heavy (non-hydrogen) atoms. The van der Waals surface area contributed by atoms with E-state index in [0.717, 1.165) is 19.0 Å². The molecule has 0 saturated carbocycles. The summed E-state index contributed by atoms with van der Waals surface area (Å²) in [5.41, 5.74) is 0. The molecule has 0 spiro atoms. The molecular weight excluding hydrogens is 132 g/mol. The normalized spacial score (nSPS) is 9.20. The topological polar surface area (TPSA) is 43.4 Å². The zero-order valence-corrected chi connectivity index (χ0v) is 5.91. The number of hydrogen-bond donors (Lipinski definition) is 0. The molecule has 0 amide bonds. The Hall–Kier alpha value is -0.700. The quantitative estimate of drug-likeness (QED) is 0.387. The van der Waals surface area contributed by atoms with E-state index in [4.69, 9.17) is 4.74 Å². The van der Waals surface area contributed by atoms with E-state index in [1.165, 1.54) is 0 Å². The average molecular weight is 144 g/mol. The molecule has 0 radical (unpaired) electrons. The molecule has 0 aromatic carbocycles. The number of unbranched alkanes of at least 4 members (excludes halogenated alkanes) is 1. The van der Waals surface area contributed by atoms with E-state index in [1.54, 1.807) is 0 Å². The summed E-state index contributed by atoms with van der Waals surface area (Å²) in [6, 6.07) is 0. The highest BCUT2D eigenvalue weighted by molar-refractivity contribution is 5.49. The lowest BCUT2D eigenvalue weighted by molar-refractivity contribution is -0.109. The molecule has 0 atom stereocenters. The van der Waals surface area contributed by atoms with Crippen LogP contribution in [0.5, 0.6) is 0 Å². The molecule has 0 aromatic rings. The second-order valence-corrected chi connectivity index (χ2v) is 1.88. The molecule has 0 fully saturated rings. The van der Waals surface area contributed by atoms with Gasteiger partial charge in [-0.1, -0.05) is 0 Å². The van der Waals surface area contributed by atoms with Crippen molar-refractivity contribution in [2.45, 2.75) is 19.3 Å². The summed E-state index contributed by atoms with van der Waals surface area (Å²) in [7, 11) is 0. The van der Waals surface area contributed by atoms with Gasteiger partial charge < -0.3 is 14.3 Å². The highest BCUT2D eigenvalue weighted by atomic mass is 16.5. The standard InChI is InChI=1S/C7H12O3/c8-4-1-2-6-10-7-3-5-9/h4-5H,1-3,6-7H2. The van der Waals surface area contributed by atoms with E-state index in [9.17, 15) is 9.59 Å². The molecular formula is C7H12O3. The fourth-order valence-corrected chi connectivity index (χ4v) is 0.502. The summed E-state index contributed by atoms with van der Waals surface area (Å²) < 4.78 is 4.99. The van der Waals surface area contributed by atoms with Crippen molar-refractivity contribution < 1.29 is 14.3 Å². The van der Waals surface area contributed by atoms with Crippen LogP contribution in [0.2, 0.25) is 0 Å². The fourth-order valence-electron chi connectivity index (χ4n) is 0.502. The first kappa shape index (κ1) is 9.30. The van der Waals surface area contributed by atoms with E-state index in [2.05, 4.69) is 0 Å². The summed E-state index contributed by atoms with van der Waals surface area (Å²) >= 11 is 0. The first-order chi connectivity index (χ1) is 4.91. The van der Waals surface area contributed by atoms with Crippen molar-refractivity contribution >= 4 is 12.6 Å². The van der Waals surface area contributed by atoms with Gasteiger partial charge in [-0.05, 0) is 6.42 Å². The number of carbonyl (C=O) groups is 2. The minimum atomic E-state index is 0.446. The smallest absolute Gasteiger partial charge is 0.122 e. The van der Waals surface area contributed by atoms with E-state index >= 15 is 0 Å². The Morgan fingerprint density at radius 1 is 1.00 bits per heavy atom. The van der Waals surface area contributed by atoms with Crippen molar-refractivity contribution in [3.63, 3.8) is 0 Å². The SMILES string of the molecule is O=CCCCOCCC=O. The maximum atomic E-state index is 9.78. The van der Waals surface area contributed by atoms with Gasteiger partial charge in [0.05, 0.1) is 6.61 Å². The summed E-state index contributed by atoms with van der Waals surface area (Å²) in [5, 5.41) is 0. The lowest BCUT2D eigenvalue weighted by Crippen LogP contribution is -1.97. The molecule has 0 saturated heterocycles. The van der Waals surface area contributed by atoms with Crippen molar-refractivity contribution in [1.29, 1.82) is 0 Å². The monoisotopic (exact) mass is 144 g/mol. The Bertz CT molecular complexity index is 78.9. The Morgan fingerprint density at radius 3 is 2.30 bits per heavy atom. The Labute approximate surface area is 60.4 Å². The van der Waals surface area contributed by atoms with Crippen LogP contribution in [0.4, 0.5) is 0 Å². The third-order valence-electron chi connectivity index (χ3n) is 0.991. The van der Waals surface area contributed by atoms with E-state index in [1.807, 2.05) is 0 Å². The third kappa shape index (κ3) is 7.30. The van der Waals surface area contributed by atoms with Gasteiger partial charge in [-0.25, -0.2) is 0 Å². The number of rotatable bonds is 7. The van der Waals surface area contributed by atoms with Gasteiger partial charge in [-0.2, -0.15) is 0 Å². The second kappa shape index (κ2) is 8.30. The van der Waals surface area contributed by atoms with Crippen molar-refractivity contribution in [3.05, 3.63) is 0 Å². The molecule has 58 valence electrons.